The van der Waals surface area contributed by atoms with Crippen molar-refractivity contribution in [3.8, 4) is 0 Å². The molecule has 6 heteroatoms. The third-order valence-electron chi connectivity index (χ3n) is 3.27. The van der Waals surface area contributed by atoms with Gasteiger partial charge < -0.3 is 10.6 Å². The van der Waals surface area contributed by atoms with Gasteiger partial charge in [0.15, 0.2) is 0 Å². The number of carbonyl (C=O) groups is 2. The smallest absolute Gasteiger partial charge is 0.253 e. The van der Waals surface area contributed by atoms with Crippen molar-refractivity contribution in [2.75, 3.05) is 5.32 Å². The first-order valence-electron chi connectivity index (χ1n) is 8.01. The van der Waals surface area contributed by atoms with Crippen molar-refractivity contribution in [1.29, 1.82) is 0 Å². The summed E-state index contributed by atoms with van der Waals surface area (Å²) in [6, 6.07) is 7.04. The van der Waals surface area contributed by atoms with Crippen molar-refractivity contribution in [2.45, 2.75) is 46.1 Å². The average Bonchev–Trinajstić information content (AvgIpc) is 2.95. The summed E-state index contributed by atoms with van der Waals surface area (Å²) in [6.07, 6.45) is 0.198. The molecule has 1 aromatic heterocycles. The van der Waals surface area contributed by atoms with E-state index in [4.69, 9.17) is 0 Å². The molecule has 1 heterocycles. The topological polar surface area (TPSA) is 71.1 Å². The monoisotopic (exact) mass is 345 g/mol. The third kappa shape index (κ3) is 4.89. The van der Waals surface area contributed by atoms with Crippen LogP contribution in [0, 0.1) is 0 Å². The van der Waals surface area contributed by atoms with Gasteiger partial charge in [0.1, 0.15) is 0 Å². The Labute approximate surface area is 146 Å². The first-order chi connectivity index (χ1) is 11.4. The molecule has 0 saturated heterocycles. The molecule has 1 aromatic carbocycles. The molecule has 2 amide bonds. The second kappa shape index (κ2) is 8.06. The number of benzene rings is 1. The number of hydrogen-bond acceptors (Lipinski definition) is 4. The van der Waals surface area contributed by atoms with Gasteiger partial charge in [0.2, 0.25) is 5.91 Å². The molecule has 128 valence electrons. The lowest BCUT2D eigenvalue weighted by atomic mass is 10.1. The van der Waals surface area contributed by atoms with Crippen LogP contribution in [0.15, 0.2) is 29.6 Å². The van der Waals surface area contributed by atoms with Crippen molar-refractivity contribution in [3.05, 3.63) is 45.9 Å². The highest BCUT2D eigenvalue weighted by Gasteiger charge is 2.15. The summed E-state index contributed by atoms with van der Waals surface area (Å²) in [5.74, 6) is -0.0238. The Hall–Kier alpha value is -2.21. The predicted molar refractivity (Wildman–Crippen MR) is 97.6 cm³/mol. The van der Waals surface area contributed by atoms with Crippen LogP contribution in [0.1, 0.15) is 54.7 Å². The summed E-state index contributed by atoms with van der Waals surface area (Å²) in [4.78, 5) is 29.0. The van der Waals surface area contributed by atoms with Crippen molar-refractivity contribution >= 4 is 28.8 Å². The number of rotatable bonds is 6. The lowest BCUT2D eigenvalue weighted by molar-refractivity contribution is -0.115. The van der Waals surface area contributed by atoms with Gasteiger partial charge >= 0.3 is 0 Å². The average molecular weight is 345 g/mol. The van der Waals surface area contributed by atoms with Crippen LogP contribution in [-0.2, 0) is 11.2 Å². The molecule has 0 saturated carbocycles. The third-order valence-corrected chi connectivity index (χ3v) is 4.46. The van der Waals surface area contributed by atoms with E-state index in [1.807, 2.05) is 19.2 Å². The van der Waals surface area contributed by atoms with E-state index in [1.54, 1.807) is 35.6 Å². The van der Waals surface area contributed by atoms with Crippen molar-refractivity contribution in [2.24, 2.45) is 0 Å². The van der Waals surface area contributed by atoms with Gasteiger partial charge in [-0.25, -0.2) is 4.98 Å². The van der Waals surface area contributed by atoms with E-state index in [0.717, 1.165) is 10.7 Å². The van der Waals surface area contributed by atoms with Crippen molar-refractivity contribution in [1.82, 2.24) is 10.3 Å². The van der Waals surface area contributed by atoms with Crippen LogP contribution in [0.2, 0.25) is 0 Å². The summed E-state index contributed by atoms with van der Waals surface area (Å²) < 4.78 is 0. The fraction of sp³-hybridized carbons (Fsp3) is 0.389. The zero-order valence-electron chi connectivity index (χ0n) is 14.4. The van der Waals surface area contributed by atoms with Crippen LogP contribution in [0.4, 0.5) is 5.69 Å². The van der Waals surface area contributed by atoms with Crippen molar-refractivity contribution in [3.63, 3.8) is 0 Å². The van der Waals surface area contributed by atoms with Crippen LogP contribution >= 0.6 is 11.3 Å². The Morgan fingerprint density at radius 1 is 1.17 bits per heavy atom. The van der Waals surface area contributed by atoms with E-state index in [2.05, 4.69) is 29.5 Å². The van der Waals surface area contributed by atoms with Crippen LogP contribution in [0.3, 0.4) is 0 Å². The highest BCUT2D eigenvalue weighted by Crippen LogP contribution is 2.20. The maximum Gasteiger partial charge on any atom is 0.253 e. The zero-order chi connectivity index (χ0) is 17.7. The van der Waals surface area contributed by atoms with Crippen LogP contribution in [-0.4, -0.2) is 22.8 Å². The summed E-state index contributed by atoms with van der Waals surface area (Å²) in [6.45, 7) is 7.94. The molecule has 0 bridgehead atoms. The Bertz CT molecular complexity index is 723. The number of thiazole rings is 1. The van der Waals surface area contributed by atoms with Gasteiger partial charge in [-0.05, 0) is 26.0 Å². The molecule has 0 aliphatic heterocycles. The van der Waals surface area contributed by atoms with Gasteiger partial charge in [-0.15, -0.1) is 11.3 Å². The highest BCUT2D eigenvalue weighted by molar-refractivity contribution is 7.09. The second-order valence-corrected chi connectivity index (χ2v) is 7.12. The zero-order valence-corrected chi connectivity index (χ0v) is 15.2. The Kier molecular flexibility index (Phi) is 6.09. The van der Waals surface area contributed by atoms with Gasteiger partial charge in [0.25, 0.3) is 5.91 Å². The SMILES string of the molecule is CC(C)NC(=O)c1ccccc1NC(=O)Cc1csc(C(C)C)n1. The molecule has 0 aliphatic rings. The maximum atomic E-state index is 12.3. The van der Waals surface area contributed by atoms with Gasteiger partial charge in [-0.3, -0.25) is 9.59 Å². The molecule has 5 nitrogen and oxygen atoms in total. The molecular weight excluding hydrogens is 322 g/mol. The van der Waals surface area contributed by atoms with E-state index < -0.39 is 0 Å². The number of hydrogen-bond donors (Lipinski definition) is 2. The Balaban J connectivity index is 2.07. The summed E-state index contributed by atoms with van der Waals surface area (Å²) in [5, 5.41) is 8.59. The number of para-hydroxylation sites is 1. The maximum absolute atomic E-state index is 12.3. The molecule has 2 rings (SSSR count). The number of nitrogens with one attached hydrogen (secondary N) is 2. The van der Waals surface area contributed by atoms with Crippen LogP contribution in [0.5, 0.6) is 0 Å². The first kappa shape index (κ1) is 18.1. The molecule has 0 fully saturated rings. The molecule has 0 aliphatic carbocycles. The summed E-state index contributed by atoms with van der Waals surface area (Å²) in [5.41, 5.74) is 1.73. The normalized spacial score (nSPS) is 10.9. The predicted octanol–water partition coefficient (Wildman–Crippen LogP) is 3.59. The Morgan fingerprint density at radius 3 is 2.50 bits per heavy atom. The molecule has 0 spiro atoms. The molecule has 0 radical (unpaired) electrons. The molecule has 0 unspecified atom stereocenters. The highest BCUT2D eigenvalue weighted by atomic mass is 32.1. The van der Waals surface area contributed by atoms with Crippen LogP contribution < -0.4 is 10.6 Å². The fourth-order valence-electron chi connectivity index (χ4n) is 2.16. The number of carbonyl (C=O) groups excluding carboxylic acids is 2. The van der Waals surface area contributed by atoms with Gasteiger partial charge in [-0.2, -0.15) is 0 Å². The van der Waals surface area contributed by atoms with Gasteiger partial charge in [-0.1, -0.05) is 26.0 Å². The fourth-order valence-corrected chi connectivity index (χ4v) is 2.99. The van der Waals surface area contributed by atoms with Crippen LogP contribution in [0.25, 0.3) is 0 Å². The molecular formula is C18H23N3O2S. The number of amides is 2. The van der Waals surface area contributed by atoms with E-state index in [0.29, 0.717) is 17.2 Å². The Morgan fingerprint density at radius 2 is 1.88 bits per heavy atom. The summed E-state index contributed by atoms with van der Waals surface area (Å²) in [7, 11) is 0. The standard InChI is InChI=1S/C18H23N3O2S/c1-11(2)18-20-13(10-24-18)9-16(22)21-15-8-6-5-7-14(15)17(23)19-12(3)4/h5-8,10-12H,9H2,1-4H3,(H,19,23)(H,21,22). The lowest BCUT2D eigenvalue weighted by Crippen LogP contribution is -2.31. The molecule has 2 N–H and O–H groups in total. The molecule has 24 heavy (non-hydrogen) atoms. The number of nitrogens with zero attached hydrogens (tertiary/aromatic N) is 1. The quantitative estimate of drug-likeness (QED) is 0.840. The minimum absolute atomic E-state index is 0.0331. The van der Waals surface area contributed by atoms with Crippen molar-refractivity contribution < 1.29 is 9.59 Å². The second-order valence-electron chi connectivity index (χ2n) is 6.23. The minimum Gasteiger partial charge on any atom is -0.350 e. The summed E-state index contributed by atoms with van der Waals surface area (Å²) >= 11 is 1.57. The largest absolute Gasteiger partial charge is 0.350 e. The minimum atomic E-state index is -0.198. The molecule has 0 atom stereocenters. The molecule has 2 aromatic rings. The van der Waals surface area contributed by atoms with E-state index in [1.165, 1.54) is 0 Å². The first-order valence-corrected chi connectivity index (χ1v) is 8.88. The van der Waals surface area contributed by atoms with Gasteiger partial charge in [0, 0.05) is 17.3 Å². The van der Waals surface area contributed by atoms with E-state index >= 15 is 0 Å². The van der Waals surface area contributed by atoms with E-state index in [-0.39, 0.29) is 24.3 Å². The van der Waals surface area contributed by atoms with Gasteiger partial charge in [0.05, 0.1) is 28.4 Å². The number of anilines is 1. The van der Waals surface area contributed by atoms with E-state index in [9.17, 15) is 9.59 Å². The number of aromatic nitrogens is 1. The lowest BCUT2D eigenvalue weighted by Gasteiger charge is -2.12.